The highest BCUT2D eigenvalue weighted by molar-refractivity contribution is 5.28. The minimum absolute atomic E-state index is 0.500. The SMILES string of the molecule is COc1cnc(NC2CCC(C)CC2C)nc1. The van der Waals surface area contributed by atoms with E-state index < -0.39 is 0 Å². The van der Waals surface area contributed by atoms with E-state index in [0.29, 0.717) is 23.7 Å². The van der Waals surface area contributed by atoms with E-state index in [2.05, 4.69) is 29.1 Å². The van der Waals surface area contributed by atoms with E-state index in [1.54, 1.807) is 19.5 Å². The van der Waals surface area contributed by atoms with Crippen molar-refractivity contribution in [2.75, 3.05) is 12.4 Å². The van der Waals surface area contributed by atoms with Gasteiger partial charge in [0, 0.05) is 6.04 Å². The van der Waals surface area contributed by atoms with Crippen molar-refractivity contribution in [1.29, 1.82) is 0 Å². The molecule has 4 nitrogen and oxygen atoms in total. The second-order valence-corrected chi connectivity index (χ2v) is 5.09. The lowest BCUT2D eigenvalue weighted by Gasteiger charge is -2.33. The lowest BCUT2D eigenvalue weighted by molar-refractivity contribution is 0.275. The van der Waals surface area contributed by atoms with Gasteiger partial charge >= 0.3 is 0 Å². The molecule has 0 bridgehead atoms. The number of hydrogen-bond acceptors (Lipinski definition) is 4. The van der Waals surface area contributed by atoms with E-state index >= 15 is 0 Å². The van der Waals surface area contributed by atoms with E-state index in [-0.39, 0.29) is 0 Å². The average molecular weight is 235 g/mol. The number of rotatable bonds is 3. The van der Waals surface area contributed by atoms with Gasteiger partial charge in [0.15, 0.2) is 5.75 Å². The maximum absolute atomic E-state index is 5.04. The molecule has 0 amide bonds. The maximum atomic E-state index is 5.04. The third-order valence-electron chi connectivity index (χ3n) is 3.61. The van der Waals surface area contributed by atoms with Gasteiger partial charge < -0.3 is 10.1 Å². The second-order valence-electron chi connectivity index (χ2n) is 5.09. The second kappa shape index (κ2) is 5.34. The summed E-state index contributed by atoms with van der Waals surface area (Å²) in [5, 5.41) is 3.42. The Kier molecular flexibility index (Phi) is 3.82. The Bertz CT molecular complexity index is 352. The van der Waals surface area contributed by atoms with Crippen LogP contribution >= 0.6 is 0 Å². The monoisotopic (exact) mass is 235 g/mol. The van der Waals surface area contributed by atoms with Gasteiger partial charge in [-0.1, -0.05) is 13.8 Å². The summed E-state index contributed by atoms with van der Waals surface area (Å²) in [5.74, 6) is 2.93. The van der Waals surface area contributed by atoms with Crippen molar-refractivity contribution in [3.8, 4) is 5.75 Å². The fraction of sp³-hybridized carbons (Fsp3) is 0.692. The first-order chi connectivity index (χ1) is 8.19. The first-order valence-corrected chi connectivity index (χ1v) is 6.31. The summed E-state index contributed by atoms with van der Waals surface area (Å²) >= 11 is 0. The molecule has 0 radical (unpaired) electrons. The fourth-order valence-corrected chi connectivity index (χ4v) is 2.54. The highest BCUT2D eigenvalue weighted by Crippen LogP contribution is 2.30. The van der Waals surface area contributed by atoms with Crippen LogP contribution < -0.4 is 10.1 Å². The molecule has 3 unspecified atom stereocenters. The fourth-order valence-electron chi connectivity index (χ4n) is 2.54. The number of nitrogens with one attached hydrogen (secondary N) is 1. The maximum Gasteiger partial charge on any atom is 0.223 e. The van der Waals surface area contributed by atoms with Gasteiger partial charge in [-0.2, -0.15) is 0 Å². The van der Waals surface area contributed by atoms with Crippen molar-refractivity contribution < 1.29 is 4.74 Å². The van der Waals surface area contributed by atoms with Gasteiger partial charge in [-0.15, -0.1) is 0 Å². The van der Waals surface area contributed by atoms with Crippen LogP contribution in [0.25, 0.3) is 0 Å². The first kappa shape index (κ1) is 12.1. The number of anilines is 1. The molecule has 0 aromatic carbocycles. The molecule has 94 valence electrons. The molecule has 1 aliphatic carbocycles. The standard InChI is InChI=1S/C13H21N3O/c1-9-4-5-12(10(2)6-9)16-13-14-7-11(17-3)8-15-13/h7-10,12H,4-6H2,1-3H3,(H,14,15,16). The number of methoxy groups -OCH3 is 1. The lowest BCUT2D eigenvalue weighted by atomic mass is 9.80. The largest absolute Gasteiger partial charge is 0.494 e. The molecule has 4 heteroatoms. The van der Waals surface area contributed by atoms with Gasteiger partial charge in [-0.05, 0) is 31.1 Å². The molecule has 0 spiro atoms. The number of nitrogens with zero attached hydrogens (tertiary/aromatic N) is 2. The third kappa shape index (κ3) is 3.08. The van der Waals surface area contributed by atoms with Crippen LogP contribution in [0, 0.1) is 11.8 Å². The number of aromatic nitrogens is 2. The minimum atomic E-state index is 0.500. The molecule has 1 fully saturated rings. The Morgan fingerprint density at radius 2 is 1.94 bits per heavy atom. The summed E-state index contributed by atoms with van der Waals surface area (Å²) in [4.78, 5) is 8.50. The predicted molar refractivity (Wildman–Crippen MR) is 68.2 cm³/mol. The van der Waals surface area contributed by atoms with E-state index in [1.165, 1.54) is 19.3 Å². The Morgan fingerprint density at radius 3 is 2.53 bits per heavy atom. The van der Waals surface area contributed by atoms with Crippen LogP contribution in [-0.2, 0) is 0 Å². The zero-order valence-corrected chi connectivity index (χ0v) is 10.8. The summed E-state index contributed by atoms with van der Waals surface area (Å²) in [5.41, 5.74) is 0. The first-order valence-electron chi connectivity index (χ1n) is 6.31. The minimum Gasteiger partial charge on any atom is -0.494 e. The zero-order valence-electron chi connectivity index (χ0n) is 10.8. The Hall–Kier alpha value is -1.32. The van der Waals surface area contributed by atoms with E-state index in [0.717, 1.165) is 5.92 Å². The number of hydrogen-bond donors (Lipinski definition) is 1. The molecule has 1 aliphatic rings. The van der Waals surface area contributed by atoms with Crippen molar-refractivity contribution in [2.24, 2.45) is 11.8 Å². The van der Waals surface area contributed by atoms with Crippen LogP contribution in [0.1, 0.15) is 33.1 Å². The van der Waals surface area contributed by atoms with Crippen LogP contribution in [0.3, 0.4) is 0 Å². The summed E-state index contributed by atoms with van der Waals surface area (Å²) in [6.07, 6.45) is 7.18. The van der Waals surface area contributed by atoms with Crippen molar-refractivity contribution in [2.45, 2.75) is 39.2 Å². The Labute approximate surface area is 103 Å². The smallest absolute Gasteiger partial charge is 0.223 e. The molecule has 1 saturated carbocycles. The number of ether oxygens (including phenoxy) is 1. The quantitative estimate of drug-likeness (QED) is 0.875. The van der Waals surface area contributed by atoms with Crippen molar-refractivity contribution in [1.82, 2.24) is 9.97 Å². The third-order valence-corrected chi connectivity index (χ3v) is 3.61. The molecule has 1 aromatic rings. The van der Waals surface area contributed by atoms with Gasteiger partial charge in [-0.3, -0.25) is 0 Å². The summed E-state index contributed by atoms with van der Waals surface area (Å²) in [6.45, 7) is 4.63. The molecule has 17 heavy (non-hydrogen) atoms. The molecule has 1 aromatic heterocycles. The van der Waals surface area contributed by atoms with E-state index in [9.17, 15) is 0 Å². The van der Waals surface area contributed by atoms with Gasteiger partial charge in [-0.25, -0.2) is 9.97 Å². The molecule has 3 atom stereocenters. The van der Waals surface area contributed by atoms with Gasteiger partial charge in [0.1, 0.15) is 0 Å². The molecule has 1 N–H and O–H groups in total. The Morgan fingerprint density at radius 1 is 1.24 bits per heavy atom. The van der Waals surface area contributed by atoms with E-state index in [1.807, 2.05) is 0 Å². The molecular weight excluding hydrogens is 214 g/mol. The highest BCUT2D eigenvalue weighted by Gasteiger charge is 2.25. The van der Waals surface area contributed by atoms with Crippen LogP contribution in [0.15, 0.2) is 12.4 Å². The summed E-state index contributed by atoms with van der Waals surface area (Å²) in [6, 6.07) is 0.500. The van der Waals surface area contributed by atoms with Crippen molar-refractivity contribution in [3.63, 3.8) is 0 Å². The molecule has 1 heterocycles. The van der Waals surface area contributed by atoms with E-state index in [4.69, 9.17) is 4.74 Å². The summed E-state index contributed by atoms with van der Waals surface area (Å²) in [7, 11) is 1.62. The van der Waals surface area contributed by atoms with Crippen LogP contribution in [0.2, 0.25) is 0 Å². The van der Waals surface area contributed by atoms with Crippen LogP contribution in [-0.4, -0.2) is 23.1 Å². The van der Waals surface area contributed by atoms with Gasteiger partial charge in [0.2, 0.25) is 5.95 Å². The Balaban J connectivity index is 1.95. The van der Waals surface area contributed by atoms with Crippen LogP contribution in [0.5, 0.6) is 5.75 Å². The summed E-state index contributed by atoms with van der Waals surface area (Å²) < 4.78 is 5.04. The highest BCUT2D eigenvalue weighted by atomic mass is 16.5. The molecule has 2 rings (SSSR count). The topological polar surface area (TPSA) is 47.0 Å². The van der Waals surface area contributed by atoms with Gasteiger partial charge in [0.05, 0.1) is 19.5 Å². The molecule has 0 aliphatic heterocycles. The normalized spacial score (nSPS) is 28.8. The molecular formula is C13H21N3O. The zero-order chi connectivity index (χ0) is 12.3. The van der Waals surface area contributed by atoms with Crippen molar-refractivity contribution >= 4 is 5.95 Å². The van der Waals surface area contributed by atoms with Crippen molar-refractivity contribution in [3.05, 3.63) is 12.4 Å². The average Bonchev–Trinajstić information content (AvgIpc) is 2.34. The lowest BCUT2D eigenvalue weighted by Crippen LogP contribution is -2.33. The predicted octanol–water partition coefficient (Wildman–Crippen LogP) is 2.72. The molecule has 0 saturated heterocycles. The van der Waals surface area contributed by atoms with Crippen LogP contribution in [0.4, 0.5) is 5.95 Å². The van der Waals surface area contributed by atoms with Gasteiger partial charge in [0.25, 0.3) is 0 Å².